The lowest BCUT2D eigenvalue weighted by Crippen LogP contribution is -2.19. The highest BCUT2D eigenvalue weighted by Gasteiger charge is 2.15. The molecule has 0 aliphatic heterocycles. The van der Waals surface area contributed by atoms with Crippen LogP contribution in [0.5, 0.6) is 5.75 Å². The molecule has 6 nitrogen and oxygen atoms in total. The van der Waals surface area contributed by atoms with Crippen LogP contribution in [0, 0.1) is 0 Å². The van der Waals surface area contributed by atoms with Crippen molar-refractivity contribution in [2.45, 2.75) is 4.90 Å². The Morgan fingerprint density at radius 2 is 2.07 bits per heavy atom. The first kappa shape index (κ1) is 11.5. The zero-order valence-electron chi connectivity index (χ0n) is 7.89. The number of rotatable bonds is 2. The molecule has 0 fully saturated rings. The Kier molecular flexibility index (Phi) is 2.96. The zero-order chi connectivity index (χ0) is 11.6. The Morgan fingerprint density at radius 3 is 2.53 bits per heavy atom. The van der Waals surface area contributed by atoms with Crippen molar-refractivity contribution in [3.8, 4) is 5.75 Å². The number of phenols is 1. The van der Waals surface area contributed by atoms with E-state index in [1.807, 2.05) is 0 Å². The number of benzene rings is 1. The molecule has 0 bridgehead atoms. The summed E-state index contributed by atoms with van der Waals surface area (Å²) in [6.45, 7) is 0. The Labute approximate surface area is 86.8 Å². The fraction of sp³-hybridized carbons (Fsp3) is 0.125. The number of nitrogens with two attached hydrogens (primary N) is 1. The van der Waals surface area contributed by atoms with E-state index in [0.717, 1.165) is 18.2 Å². The number of sulfonamides is 1. The summed E-state index contributed by atoms with van der Waals surface area (Å²) >= 11 is 0. The molecular weight excluding hydrogens is 220 g/mol. The van der Waals surface area contributed by atoms with Gasteiger partial charge in [-0.1, -0.05) is 0 Å². The first-order chi connectivity index (χ1) is 6.86. The fourth-order valence-electron chi connectivity index (χ4n) is 1.01. The summed E-state index contributed by atoms with van der Waals surface area (Å²) in [4.78, 5) is 11.0. The SMILES string of the molecule is CNC(=O)c1cc(S(N)(=O)=O)ccc1O. The monoisotopic (exact) mass is 230 g/mol. The van der Waals surface area contributed by atoms with E-state index in [1.165, 1.54) is 7.05 Å². The summed E-state index contributed by atoms with van der Waals surface area (Å²) in [7, 11) is -2.51. The number of nitrogens with one attached hydrogen (secondary N) is 1. The lowest BCUT2D eigenvalue weighted by atomic mass is 10.2. The quantitative estimate of drug-likeness (QED) is 0.630. The summed E-state index contributed by atoms with van der Waals surface area (Å²) in [6, 6.07) is 3.24. The number of hydrogen-bond donors (Lipinski definition) is 3. The van der Waals surface area contributed by atoms with Crippen LogP contribution in [0.15, 0.2) is 23.1 Å². The van der Waals surface area contributed by atoms with E-state index in [1.54, 1.807) is 0 Å². The second-order valence-electron chi connectivity index (χ2n) is 2.80. The van der Waals surface area contributed by atoms with Gasteiger partial charge in [0.2, 0.25) is 10.0 Å². The first-order valence-electron chi connectivity index (χ1n) is 3.94. The van der Waals surface area contributed by atoms with E-state index in [0.29, 0.717) is 0 Å². The summed E-state index contributed by atoms with van der Waals surface area (Å²) in [5.74, 6) is -0.889. The van der Waals surface area contributed by atoms with Crippen LogP contribution in [0.2, 0.25) is 0 Å². The van der Waals surface area contributed by atoms with Crippen LogP contribution in [0.1, 0.15) is 10.4 Å². The van der Waals surface area contributed by atoms with Gasteiger partial charge in [-0.2, -0.15) is 0 Å². The van der Waals surface area contributed by atoms with Gasteiger partial charge in [-0.05, 0) is 18.2 Å². The van der Waals surface area contributed by atoms with Gasteiger partial charge in [0, 0.05) is 7.05 Å². The van der Waals surface area contributed by atoms with Crippen LogP contribution < -0.4 is 10.5 Å². The van der Waals surface area contributed by atoms with Crippen molar-refractivity contribution in [3.05, 3.63) is 23.8 Å². The minimum absolute atomic E-state index is 0.135. The van der Waals surface area contributed by atoms with Crippen molar-refractivity contribution < 1.29 is 18.3 Å². The average molecular weight is 230 g/mol. The molecule has 4 N–H and O–H groups in total. The number of primary sulfonamides is 1. The van der Waals surface area contributed by atoms with Gasteiger partial charge < -0.3 is 10.4 Å². The number of amides is 1. The second-order valence-corrected chi connectivity index (χ2v) is 4.36. The van der Waals surface area contributed by atoms with E-state index >= 15 is 0 Å². The van der Waals surface area contributed by atoms with Gasteiger partial charge in [-0.3, -0.25) is 4.79 Å². The van der Waals surface area contributed by atoms with Crippen LogP contribution in [-0.4, -0.2) is 26.5 Å². The van der Waals surface area contributed by atoms with Gasteiger partial charge >= 0.3 is 0 Å². The number of carbonyl (C=O) groups is 1. The third kappa shape index (κ3) is 2.45. The molecule has 0 atom stereocenters. The largest absolute Gasteiger partial charge is 0.507 e. The molecule has 1 aromatic carbocycles. The van der Waals surface area contributed by atoms with Gasteiger partial charge in [-0.25, -0.2) is 13.6 Å². The number of hydrogen-bond acceptors (Lipinski definition) is 4. The van der Waals surface area contributed by atoms with Gasteiger partial charge in [0.1, 0.15) is 5.75 Å². The van der Waals surface area contributed by atoms with E-state index in [9.17, 15) is 18.3 Å². The normalized spacial score (nSPS) is 11.1. The van der Waals surface area contributed by atoms with Crippen molar-refractivity contribution >= 4 is 15.9 Å². The van der Waals surface area contributed by atoms with E-state index in [2.05, 4.69) is 5.32 Å². The molecule has 0 saturated carbocycles. The highest BCUT2D eigenvalue weighted by Crippen LogP contribution is 2.20. The molecule has 0 aromatic heterocycles. The summed E-state index contributed by atoms with van der Waals surface area (Å²) in [5, 5.41) is 16.4. The third-order valence-corrected chi connectivity index (χ3v) is 2.68. The predicted octanol–water partition coefficient (Wildman–Crippen LogP) is -0.601. The molecule has 0 spiro atoms. The number of carbonyl (C=O) groups excluding carboxylic acids is 1. The Morgan fingerprint density at radius 1 is 1.47 bits per heavy atom. The molecule has 0 unspecified atom stereocenters. The molecule has 82 valence electrons. The molecule has 15 heavy (non-hydrogen) atoms. The summed E-state index contributed by atoms with van der Waals surface area (Å²) in [6.07, 6.45) is 0. The second kappa shape index (κ2) is 3.87. The van der Waals surface area contributed by atoms with Gasteiger partial charge in [0.05, 0.1) is 10.5 Å². The highest BCUT2D eigenvalue weighted by molar-refractivity contribution is 7.89. The number of phenolic OH excluding ortho intramolecular Hbond substituents is 1. The lowest BCUT2D eigenvalue weighted by Gasteiger charge is -2.04. The smallest absolute Gasteiger partial charge is 0.254 e. The molecule has 0 radical (unpaired) electrons. The highest BCUT2D eigenvalue weighted by atomic mass is 32.2. The van der Waals surface area contributed by atoms with Crippen LogP contribution >= 0.6 is 0 Å². The maximum Gasteiger partial charge on any atom is 0.254 e. The first-order valence-corrected chi connectivity index (χ1v) is 5.49. The Hall–Kier alpha value is -1.60. The molecule has 0 aliphatic carbocycles. The Balaban J connectivity index is 3.36. The molecule has 7 heteroatoms. The fourth-order valence-corrected chi connectivity index (χ4v) is 1.55. The van der Waals surface area contributed by atoms with Crippen LogP contribution in [0.4, 0.5) is 0 Å². The van der Waals surface area contributed by atoms with E-state index in [4.69, 9.17) is 5.14 Å². The van der Waals surface area contributed by atoms with Crippen LogP contribution in [-0.2, 0) is 10.0 Å². The summed E-state index contributed by atoms with van der Waals surface area (Å²) in [5.41, 5.74) is -0.135. The Bertz CT molecular complexity index is 495. The third-order valence-electron chi connectivity index (χ3n) is 1.77. The maximum atomic E-state index is 11.2. The molecule has 1 amide bonds. The van der Waals surface area contributed by atoms with Crippen LogP contribution in [0.3, 0.4) is 0 Å². The number of aromatic hydroxyl groups is 1. The average Bonchev–Trinajstić information content (AvgIpc) is 2.15. The topological polar surface area (TPSA) is 109 Å². The van der Waals surface area contributed by atoms with Gasteiger partial charge in [0.15, 0.2) is 0 Å². The predicted molar refractivity (Wildman–Crippen MR) is 52.9 cm³/mol. The molecular formula is C8H10N2O4S. The van der Waals surface area contributed by atoms with Crippen molar-refractivity contribution in [1.29, 1.82) is 0 Å². The molecule has 1 rings (SSSR count). The molecule has 0 saturated heterocycles. The van der Waals surface area contributed by atoms with Gasteiger partial charge in [0.25, 0.3) is 5.91 Å². The zero-order valence-corrected chi connectivity index (χ0v) is 8.71. The minimum Gasteiger partial charge on any atom is -0.507 e. The van der Waals surface area contributed by atoms with Crippen molar-refractivity contribution in [1.82, 2.24) is 5.32 Å². The van der Waals surface area contributed by atoms with Crippen LogP contribution in [0.25, 0.3) is 0 Å². The molecule has 1 aromatic rings. The van der Waals surface area contributed by atoms with Crippen molar-refractivity contribution in [2.24, 2.45) is 5.14 Å². The van der Waals surface area contributed by atoms with Crippen molar-refractivity contribution in [2.75, 3.05) is 7.05 Å². The lowest BCUT2D eigenvalue weighted by molar-refractivity contribution is 0.0960. The van der Waals surface area contributed by atoms with Gasteiger partial charge in [-0.15, -0.1) is 0 Å². The maximum absolute atomic E-state index is 11.2. The van der Waals surface area contributed by atoms with E-state index in [-0.39, 0.29) is 16.2 Å². The standard InChI is InChI=1S/C8H10N2O4S/c1-10-8(12)6-4-5(15(9,13)14)2-3-7(6)11/h2-4,11H,1H3,(H,10,12)(H2,9,13,14). The molecule has 0 aliphatic rings. The molecule has 0 heterocycles. The van der Waals surface area contributed by atoms with E-state index < -0.39 is 15.9 Å². The summed E-state index contributed by atoms with van der Waals surface area (Å²) < 4.78 is 21.9. The van der Waals surface area contributed by atoms with Crippen molar-refractivity contribution in [3.63, 3.8) is 0 Å². The minimum atomic E-state index is -3.87.